The lowest BCUT2D eigenvalue weighted by atomic mass is 10.2. The molecule has 1 fully saturated rings. The predicted molar refractivity (Wildman–Crippen MR) is 98.0 cm³/mol. The zero-order valence-corrected chi connectivity index (χ0v) is 14.6. The van der Waals surface area contributed by atoms with Crippen LogP contribution in [0.1, 0.15) is 5.56 Å². The number of rotatable bonds is 5. The van der Waals surface area contributed by atoms with Crippen LogP contribution >= 0.6 is 0 Å². The minimum atomic E-state index is -4.42. The number of ether oxygens (including phenoxy) is 1. The van der Waals surface area contributed by atoms with E-state index in [0.717, 1.165) is 30.9 Å². The lowest BCUT2D eigenvalue weighted by molar-refractivity contribution is -0.137. The first kappa shape index (κ1) is 19.0. The first-order chi connectivity index (χ1) is 12.9. The van der Waals surface area contributed by atoms with Crippen molar-refractivity contribution >= 4 is 23.0 Å². The highest BCUT2D eigenvalue weighted by Crippen LogP contribution is 2.30. The van der Waals surface area contributed by atoms with Gasteiger partial charge in [0.15, 0.2) is 0 Å². The van der Waals surface area contributed by atoms with Gasteiger partial charge in [0.05, 0.1) is 36.7 Å². The molecule has 0 aromatic heterocycles. The summed E-state index contributed by atoms with van der Waals surface area (Å²) in [4.78, 5) is 14.4. The van der Waals surface area contributed by atoms with Gasteiger partial charge in [-0.2, -0.15) is 13.2 Å². The van der Waals surface area contributed by atoms with Crippen LogP contribution in [0.15, 0.2) is 48.5 Å². The van der Waals surface area contributed by atoms with E-state index >= 15 is 0 Å². The summed E-state index contributed by atoms with van der Waals surface area (Å²) in [5, 5.41) is 5.55. The molecule has 144 valence electrons. The number of benzene rings is 2. The van der Waals surface area contributed by atoms with Gasteiger partial charge in [-0.05, 0) is 30.3 Å². The molecule has 2 N–H and O–H groups in total. The predicted octanol–water partition coefficient (Wildman–Crippen LogP) is 3.59. The summed E-state index contributed by atoms with van der Waals surface area (Å²) in [6.45, 7) is 2.57. The number of anilines is 3. The van der Waals surface area contributed by atoms with Crippen molar-refractivity contribution in [2.45, 2.75) is 6.18 Å². The van der Waals surface area contributed by atoms with Crippen molar-refractivity contribution in [2.75, 3.05) is 48.4 Å². The van der Waals surface area contributed by atoms with E-state index in [-0.39, 0.29) is 18.1 Å². The molecule has 1 aliphatic heterocycles. The van der Waals surface area contributed by atoms with Crippen LogP contribution in [-0.2, 0) is 15.7 Å². The summed E-state index contributed by atoms with van der Waals surface area (Å²) in [6, 6.07) is 12.2. The normalized spacial score (nSPS) is 14.7. The Morgan fingerprint density at radius 2 is 1.81 bits per heavy atom. The van der Waals surface area contributed by atoms with Crippen LogP contribution in [-0.4, -0.2) is 38.8 Å². The molecular weight excluding hydrogens is 359 g/mol. The topological polar surface area (TPSA) is 53.6 Å². The Hall–Kier alpha value is -2.74. The third-order valence-electron chi connectivity index (χ3n) is 4.17. The number of nitrogens with one attached hydrogen (secondary N) is 2. The molecule has 8 heteroatoms. The zero-order valence-electron chi connectivity index (χ0n) is 14.6. The molecule has 3 rings (SSSR count). The zero-order chi connectivity index (χ0) is 19.3. The molecule has 1 amide bonds. The van der Waals surface area contributed by atoms with Gasteiger partial charge in [0.2, 0.25) is 5.91 Å². The van der Waals surface area contributed by atoms with Gasteiger partial charge < -0.3 is 20.3 Å². The maximum absolute atomic E-state index is 12.8. The third kappa shape index (κ3) is 5.13. The van der Waals surface area contributed by atoms with Crippen LogP contribution < -0.4 is 15.5 Å². The van der Waals surface area contributed by atoms with Gasteiger partial charge in [-0.15, -0.1) is 0 Å². The molecule has 1 aliphatic rings. The molecule has 1 heterocycles. The van der Waals surface area contributed by atoms with Crippen molar-refractivity contribution < 1.29 is 22.7 Å². The van der Waals surface area contributed by atoms with Crippen LogP contribution in [0.25, 0.3) is 0 Å². The molecule has 0 saturated carbocycles. The second-order valence-electron chi connectivity index (χ2n) is 6.10. The SMILES string of the molecule is O=C(CNc1cccc(C(F)(F)F)c1)Nc1ccccc1N1CCOCC1. The third-order valence-corrected chi connectivity index (χ3v) is 4.17. The largest absolute Gasteiger partial charge is 0.416 e. The van der Waals surface area contributed by atoms with E-state index in [2.05, 4.69) is 15.5 Å². The summed E-state index contributed by atoms with van der Waals surface area (Å²) in [5.74, 6) is -0.340. The summed E-state index contributed by atoms with van der Waals surface area (Å²) in [6.07, 6.45) is -4.42. The molecular formula is C19H20F3N3O2. The maximum atomic E-state index is 12.8. The van der Waals surface area contributed by atoms with Gasteiger partial charge in [0.1, 0.15) is 0 Å². The Balaban J connectivity index is 1.62. The second-order valence-corrected chi connectivity index (χ2v) is 6.10. The van der Waals surface area contributed by atoms with Crippen molar-refractivity contribution in [3.63, 3.8) is 0 Å². The number of halogens is 3. The number of hydrogen-bond donors (Lipinski definition) is 2. The number of alkyl halides is 3. The van der Waals surface area contributed by atoms with Gasteiger partial charge in [-0.1, -0.05) is 18.2 Å². The first-order valence-corrected chi connectivity index (χ1v) is 8.56. The van der Waals surface area contributed by atoms with Crippen molar-refractivity contribution in [2.24, 2.45) is 0 Å². The van der Waals surface area contributed by atoms with Crippen LogP contribution in [0.3, 0.4) is 0 Å². The minimum absolute atomic E-state index is 0.140. The van der Waals surface area contributed by atoms with Crippen LogP contribution in [0, 0.1) is 0 Å². The highest BCUT2D eigenvalue weighted by molar-refractivity contribution is 5.96. The number of carbonyl (C=O) groups is 1. The van der Waals surface area contributed by atoms with Crippen LogP contribution in [0.5, 0.6) is 0 Å². The van der Waals surface area contributed by atoms with E-state index in [9.17, 15) is 18.0 Å². The summed E-state index contributed by atoms with van der Waals surface area (Å²) >= 11 is 0. The van der Waals surface area contributed by atoms with Crippen molar-refractivity contribution in [1.82, 2.24) is 0 Å². The highest BCUT2D eigenvalue weighted by Gasteiger charge is 2.30. The fourth-order valence-corrected chi connectivity index (χ4v) is 2.84. The van der Waals surface area contributed by atoms with E-state index in [1.54, 1.807) is 6.07 Å². The van der Waals surface area contributed by atoms with Gasteiger partial charge in [-0.3, -0.25) is 4.79 Å². The lowest BCUT2D eigenvalue weighted by Crippen LogP contribution is -2.37. The van der Waals surface area contributed by atoms with Crippen LogP contribution in [0.2, 0.25) is 0 Å². The summed E-state index contributed by atoms with van der Waals surface area (Å²) in [5.41, 5.74) is 1.04. The highest BCUT2D eigenvalue weighted by atomic mass is 19.4. The average molecular weight is 379 g/mol. The molecule has 5 nitrogen and oxygen atoms in total. The van der Waals surface area contributed by atoms with Gasteiger partial charge in [0.25, 0.3) is 0 Å². The van der Waals surface area contributed by atoms with E-state index in [0.29, 0.717) is 18.9 Å². The van der Waals surface area contributed by atoms with Gasteiger partial charge in [0, 0.05) is 18.8 Å². The fourth-order valence-electron chi connectivity index (χ4n) is 2.84. The Kier molecular flexibility index (Phi) is 5.85. The maximum Gasteiger partial charge on any atom is 0.416 e. The van der Waals surface area contributed by atoms with Crippen molar-refractivity contribution in [3.05, 3.63) is 54.1 Å². The smallest absolute Gasteiger partial charge is 0.378 e. The number of para-hydroxylation sites is 2. The van der Waals surface area contributed by atoms with E-state index in [4.69, 9.17) is 4.74 Å². The Morgan fingerprint density at radius 3 is 2.56 bits per heavy atom. The molecule has 2 aromatic rings. The number of morpholine rings is 1. The van der Waals surface area contributed by atoms with E-state index < -0.39 is 11.7 Å². The quantitative estimate of drug-likeness (QED) is 0.834. The molecule has 27 heavy (non-hydrogen) atoms. The molecule has 0 atom stereocenters. The van der Waals surface area contributed by atoms with Gasteiger partial charge >= 0.3 is 6.18 Å². The number of amides is 1. The van der Waals surface area contributed by atoms with Crippen molar-refractivity contribution in [3.8, 4) is 0 Å². The standard InChI is InChI=1S/C19H20F3N3O2/c20-19(21,22)14-4-3-5-15(12-14)23-13-18(26)24-16-6-1-2-7-17(16)25-8-10-27-11-9-25/h1-7,12,23H,8-11,13H2,(H,24,26). The molecule has 1 saturated heterocycles. The van der Waals surface area contributed by atoms with E-state index in [1.807, 2.05) is 18.2 Å². The lowest BCUT2D eigenvalue weighted by Gasteiger charge is -2.30. The monoisotopic (exact) mass is 379 g/mol. The molecule has 2 aromatic carbocycles. The Labute approximate surface area is 155 Å². The average Bonchev–Trinajstić information content (AvgIpc) is 2.67. The molecule has 0 radical (unpaired) electrons. The molecule has 0 aliphatic carbocycles. The Morgan fingerprint density at radius 1 is 1.07 bits per heavy atom. The van der Waals surface area contributed by atoms with E-state index in [1.165, 1.54) is 12.1 Å². The van der Waals surface area contributed by atoms with Gasteiger partial charge in [-0.25, -0.2) is 0 Å². The molecule has 0 bridgehead atoms. The second kappa shape index (κ2) is 8.30. The molecule has 0 unspecified atom stereocenters. The van der Waals surface area contributed by atoms with Crippen molar-refractivity contribution in [1.29, 1.82) is 0 Å². The summed E-state index contributed by atoms with van der Waals surface area (Å²) < 4.78 is 43.6. The van der Waals surface area contributed by atoms with Crippen LogP contribution in [0.4, 0.5) is 30.2 Å². The minimum Gasteiger partial charge on any atom is -0.378 e. The number of nitrogens with zero attached hydrogens (tertiary/aromatic N) is 1. The first-order valence-electron chi connectivity index (χ1n) is 8.56. The summed E-state index contributed by atoms with van der Waals surface area (Å²) in [7, 11) is 0. The molecule has 0 spiro atoms. The Bertz CT molecular complexity index is 790. The number of hydrogen-bond acceptors (Lipinski definition) is 4. The number of carbonyl (C=O) groups excluding carboxylic acids is 1. The fraction of sp³-hybridized carbons (Fsp3) is 0.316.